The van der Waals surface area contributed by atoms with Crippen molar-refractivity contribution in [3.05, 3.63) is 72.8 Å². The first-order valence-electron chi connectivity index (χ1n) is 30.8. The predicted molar refractivity (Wildman–Crippen MR) is 318 cm³/mol. The van der Waals surface area contributed by atoms with E-state index in [1.165, 1.54) is 0 Å². The molecular formula is C54H78N18O7P4. The normalized spacial score (nSPS) is 25.0. The van der Waals surface area contributed by atoms with Crippen LogP contribution in [-0.2, 0) is 31.9 Å². The molecule has 9 aliphatic heterocycles. The summed E-state index contributed by atoms with van der Waals surface area (Å²) in [4.78, 5) is 48.0. The number of carbonyl (C=O) groups excluding carboxylic acids is 3. The third kappa shape index (κ3) is 7.37. The van der Waals surface area contributed by atoms with Crippen LogP contribution in [0.25, 0.3) is 33.1 Å². The molecule has 3 aromatic heterocycles. The van der Waals surface area contributed by atoms with Crippen LogP contribution in [0.2, 0.25) is 0 Å². The molecule has 12 heterocycles. The number of aromatic nitrogens is 9. The average molecular weight is 1220 g/mol. The van der Waals surface area contributed by atoms with E-state index in [4.69, 9.17) is 43.9 Å². The number of para-hydroxylation sites is 3. The van der Waals surface area contributed by atoms with Gasteiger partial charge in [-0.1, -0.05) is 0 Å². The van der Waals surface area contributed by atoms with Gasteiger partial charge in [0, 0.05) is 0 Å². The van der Waals surface area contributed by atoms with E-state index < -0.39 is 30.1 Å². The minimum absolute atomic E-state index is 0.172. The van der Waals surface area contributed by atoms with Crippen LogP contribution < -0.4 is 0 Å². The second kappa shape index (κ2) is 20.5. The first kappa shape index (κ1) is 55.0. The van der Waals surface area contributed by atoms with Gasteiger partial charge in [-0.25, -0.2) is 0 Å². The zero-order valence-corrected chi connectivity index (χ0v) is 51.0. The third-order valence-corrected chi connectivity index (χ3v) is 40.5. The second-order valence-electron chi connectivity index (χ2n) is 24.0. The zero-order chi connectivity index (χ0) is 56.1. The summed E-state index contributed by atoms with van der Waals surface area (Å²) >= 11 is 0. The van der Waals surface area contributed by atoms with Gasteiger partial charge < -0.3 is 0 Å². The van der Waals surface area contributed by atoms with Crippen LogP contribution in [0.4, 0.5) is 0 Å². The number of phosphoric acid groups is 1. The fraction of sp³-hybridized carbons (Fsp3) is 0.611. The predicted octanol–water partition coefficient (Wildman–Crippen LogP) is 8.85. The molecule has 0 unspecified atom stereocenters. The molecule has 0 spiro atoms. The molecular weight excluding hydrogens is 1140 g/mol. The molecule has 83 heavy (non-hydrogen) atoms. The summed E-state index contributed by atoms with van der Waals surface area (Å²) in [7, 11) is -22.6. The van der Waals surface area contributed by atoms with Crippen LogP contribution in [0.3, 0.4) is 0 Å². The van der Waals surface area contributed by atoms with E-state index in [-0.39, 0.29) is 56.6 Å². The summed E-state index contributed by atoms with van der Waals surface area (Å²) in [5.41, 5.74) is 3.50. The van der Waals surface area contributed by atoms with E-state index in [2.05, 4.69) is 28.0 Å². The number of amides is 3. The maximum atomic E-state index is 20.4. The number of nitrogens with zero attached hydrogens (tertiary/aromatic N) is 18. The van der Waals surface area contributed by atoms with E-state index >= 15 is 18.9 Å². The van der Waals surface area contributed by atoms with Gasteiger partial charge in [0.15, 0.2) is 0 Å². The van der Waals surface area contributed by atoms with Gasteiger partial charge in [0.1, 0.15) is 0 Å². The molecule has 0 bridgehead atoms. The second-order valence-corrected chi connectivity index (χ2v) is 38.0. The van der Waals surface area contributed by atoms with Crippen molar-refractivity contribution < 1.29 is 31.9 Å². The molecule has 0 N–H and O–H groups in total. The Morgan fingerprint density at radius 1 is 0.325 bits per heavy atom. The van der Waals surface area contributed by atoms with Crippen LogP contribution in [0.5, 0.6) is 0 Å². The van der Waals surface area contributed by atoms with Gasteiger partial charge in [-0.3, -0.25) is 0 Å². The molecule has 0 atom stereocenters. The number of fused-ring (bicyclic) bond motifs is 3. The number of benzene rings is 3. The molecule has 0 aliphatic carbocycles. The van der Waals surface area contributed by atoms with E-state index in [1.807, 2.05) is 100 Å². The van der Waals surface area contributed by atoms with Gasteiger partial charge >= 0.3 is 486 Å². The van der Waals surface area contributed by atoms with Gasteiger partial charge in [0.2, 0.25) is 0 Å². The molecule has 446 valence electrons. The van der Waals surface area contributed by atoms with Crippen molar-refractivity contribution in [2.45, 2.75) is 116 Å². The molecule has 15 rings (SSSR count). The van der Waals surface area contributed by atoms with Crippen LogP contribution >= 0.6 is 30.1 Å². The van der Waals surface area contributed by atoms with E-state index in [1.54, 1.807) is 0 Å². The van der Waals surface area contributed by atoms with Gasteiger partial charge in [-0.05, 0) is 0 Å². The van der Waals surface area contributed by atoms with Crippen LogP contribution in [0.15, 0.2) is 72.8 Å². The van der Waals surface area contributed by atoms with E-state index in [0.717, 1.165) is 77.0 Å². The standard InChI is InChI=1S/C54H78N18O7P4/c73-52-28-19-43-67(52)81(61-31-7-8-32-61,62-33-9-10-34-62,70-49-25-4-1-22-46(49)55-58-70)77-80(76,78-82(63-35-11-12-36-63,64-37-13-14-38-64,68-44-20-29-53(68)74)71-50-26-5-2-23-47(50)56-59-71)79-83(65-39-15-16-40-65,66-41-17-18-42-66,69-45-21-30-54(69)75)72-51-27-6-3-24-48(51)57-60-72/h1-6,22-27H,7-21,28-45H2. The van der Waals surface area contributed by atoms with Gasteiger partial charge in [-0.2, -0.15) is 0 Å². The molecule has 3 aromatic carbocycles. The van der Waals surface area contributed by atoms with Gasteiger partial charge in [0.05, 0.1) is 0 Å². The summed E-state index contributed by atoms with van der Waals surface area (Å²) in [6.07, 6.45) is 11.1. The Labute approximate surface area is 483 Å². The Morgan fingerprint density at radius 2 is 0.554 bits per heavy atom. The monoisotopic (exact) mass is 1210 g/mol. The summed E-state index contributed by atoms with van der Waals surface area (Å²) < 4.78 is 72.2. The average Bonchev–Trinajstić information content (AvgIpc) is 1.68. The van der Waals surface area contributed by atoms with Crippen LogP contribution in [0, 0.1) is 0 Å². The van der Waals surface area contributed by atoms with Crippen LogP contribution in [0.1, 0.15) is 116 Å². The van der Waals surface area contributed by atoms with E-state index in [0.29, 0.717) is 131 Å². The van der Waals surface area contributed by atoms with Crippen molar-refractivity contribution in [3.8, 4) is 0 Å². The molecule has 9 aliphatic rings. The Bertz CT molecular complexity index is 3140. The summed E-state index contributed by atoms with van der Waals surface area (Å²) in [5, 5.41) is 30.7. The zero-order valence-electron chi connectivity index (χ0n) is 47.5. The van der Waals surface area contributed by atoms with Crippen molar-refractivity contribution in [3.63, 3.8) is 0 Å². The quantitative estimate of drug-likeness (QED) is 0.0734. The van der Waals surface area contributed by atoms with E-state index in [9.17, 15) is 0 Å². The Morgan fingerprint density at radius 3 is 0.771 bits per heavy atom. The Balaban J connectivity index is 1.15. The molecule has 9 saturated heterocycles. The first-order chi connectivity index (χ1) is 40.6. The molecule has 3 amide bonds. The van der Waals surface area contributed by atoms with Crippen molar-refractivity contribution in [1.82, 2.24) is 86.3 Å². The van der Waals surface area contributed by atoms with Crippen molar-refractivity contribution in [2.24, 2.45) is 0 Å². The molecule has 0 radical (unpaired) electrons. The Hall–Kier alpha value is -4.57. The molecule has 0 saturated carbocycles. The number of rotatable bonds is 18. The fourth-order valence-corrected chi connectivity index (χ4v) is 42.1. The summed E-state index contributed by atoms with van der Waals surface area (Å²) in [5.74, 6) is -0.515. The topological polar surface area (TPSA) is 217 Å². The molecule has 25 nitrogen and oxygen atoms in total. The van der Waals surface area contributed by atoms with Crippen molar-refractivity contribution >= 4 is 80.9 Å². The molecule has 9 fully saturated rings. The third-order valence-electron chi connectivity index (χ3n) is 19.6. The maximum absolute atomic E-state index is 20.4. The Kier molecular flexibility index (Phi) is 13.6. The number of carbonyl (C=O) groups is 3. The number of hydrogen-bond donors (Lipinski definition) is 0. The van der Waals surface area contributed by atoms with Gasteiger partial charge in [0.25, 0.3) is 0 Å². The van der Waals surface area contributed by atoms with Crippen molar-refractivity contribution in [2.75, 3.05) is 98.2 Å². The van der Waals surface area contributed by atoms with Crippen LogP contribution in [-0.4, -0.2) is 202 Å². The van der Waals surface area contributed by atoms with Gasteiger partial charge in [-0.15, -0.1) is 0 Å². The minimum atomic E-state index is -5.91. The molecule has 29 heteroatoms. The SMILES string of the molecule is O=C1CCCN1P(OP(=O)(OP(N1CCCC1)(N1CCCC1)(N1CCCC1=O)n1nnc2ccccc21)OP(N1CCCC1)(N1CCCC1)(N1CCCC1=O)n1nnc2ccccc21)(N1CCCC1)(N1CCCC1)n1nnc2ccccc21. The summed E-state index contributed by atoms with van der Waals surface area (Å²) in [6, 6.07) is 23.3. The molecule has 6 aromatic rings. The van der Waals surface area contributed by atoms with Crippen molar-refractivity contribution in [1.29, 1.82) is 0 Å². The summed E-state index contributed by atoms with van der Waals surface area (Å²) in [6.45, 7) is 6.16. The fourth-order valence-electron chi connectivity index (χ4n) is 16.3. The number of hydrogen-bond acceptors (Lipinski definition) is 19. The first-order valence-corrected chi connectivity index (χ1v) is 38.1.